The predicted octanol–water partition coefficient (Wildman–Crippen LogP) is 3.68. The van der Waals surface area contributed by atoms with E-state index in [0.29, 0.717) is 22.2 Å². The number of anilines is 2. The summed E-state index contributed by atoms with van der Waals surface area (Å²) in [4.78, 5) is 20.5. The molecule has 1 aromatic carbocycles. The number of hydrogen-bond acceptors (Lipinski definition) is 6. The quantitative estimate of drug-likeness (QED) is 0.388. The number of nitrogens with zero attached hydrogens (tertiary/aromatic N) is 4. The van der Waals surface area contributed by atoms with Gasteiger partial charge in [0, 0.05) is 36.1 Å². The minimum Gasteiger partial charge on any atom is -0.368 e. The van der Waals surface area contributed by atoms with Crippen LogP contribution in [-0.2, 0) is 6.18 Å². The SMILES string of the molecule is O=c1[nH]nc2c(NCCNc3cc(C(F)(F)F)ccn3)nc(-c3ccc(Cl)cc3)cn12. The van der Waals surface area contributed by atoms with Gasteiger partial charge in [-0.05, 0) is 24.3 Å². The molecule has 4 rings (SSSR count). The maximum atomic E-state index is 12.8. The van der Waals surface area contributed by atoms with Crippen molar-refractivity contribution in [2.24, 2.45) is 0 Å². The third-order valence-electron chi connectivity index (χ3n) is 4.35. The van der Waals surface area contributed by atoms with Gasteiger partial charge in [0.05, 0.1) is 11.3 Å². The van der Waals surface area contributed by atoms with Crippen LogP contribution in [0.5, 0.6) is 0 Å². The second kappa shape index (κ2) is 8.26. The topological polar surface area (TPSA) is 100 Å². The third-order valence-corrected chi connectivity index (χ3v) is 4.60. The van der Waals surface area contributed by atoms with Gasteiger partial charge in [0.15, 0.2) is 5.82 Å². The Morgan fingerprint density at radius 3 is 2.58 bits per heavy atom. The van der Waals surface area contributed by atoms with Crippen molar-refractivity contribution in [3.8, 4) is 11.3 Å². The van der Waals surface area contributed by atoms with Crippen LogP contribution in [0.4, 0.5) is 24.8 Å². The molecular weight excluding hydrogens is 435 g/mol. The molecule has 12 heteroatoms. The molecule has 0 aliphatic carbocycles. The van der Waals surface area contributed by atoms with Crippen molar-refractivity contribution in [3.63, 3.8) is 0 Å². The lowest BCUT2D eigenvalue weighted by molar-refractivity contribution is -0.137. The largest absolute Gasteiger partial charge is 0.416 e. The molecule has 0 spiro atoms. The summed E-state index contributed by atoms with van der Waals surface area (Å²) >= 11 is 5.93. The maximum Gasteiger partial charge on any atom is 0.416 e. The highest BCUT2D eigenvalue weighted by Gasteiger charge is 2.30. The lowest BCUT2D eigenvalue weighted by atomic mass is 10.2. The molecule has 0 amide bonds. The molecule has 0 aliphatic rings. The van der Waals surface area contributed by atoms with Crippen molar-refractivity contribution < 1.29 is 13.2 Å². The molecule has 3 N–H and O–H groups in total. The van der Waals surface area contributed by atoms with Crippen LogP contribution in [0.15, 0.2) is 53.6 Å². The van der Waals surface area contributed by atoms with E-state index in [2.05, 4.69) is 30.8 Å². The van der Waals surface area contributed by atoms with E-state index in [1.165, 1.54) is 4.40 Å². The number of nitrogens with one attached hydrogen (secondary N) is 3. The fourth-order valence-electron chi connectivity index (χ4n) is 2.87. The Labute approximate surface area is 178 Å². The van der Waals surface area contributed by atoms with Crippen molar-refractivity contribution in [3.05, 3.63) is 69.9 Å². The lowest BCUT2D eigenvalue weighted by Crippen LogP contribution is -2.17. The summed E-state index contributed by atoms with van der Waals surface area (Å²) < 4.78 is 39.7. The van der Waals surface area contributed by atoms with Crippen LogP contribution >= 0.6 is 11.6 Å². The van der Waals surface area contributed by atoms with E-state index in [1.807, 2.05) is 0 Å². The van der Waals surface area contributed by atoms with Crippen LogP contribution < -0.4 is 16.3 Å². The highest BCUT2D eigenvalue weighted by Crippen LogP contribution is 2.29. The number of halogens is 4. The van der Waals surface area contributed by atoms with Crippen molar-refractivity contribution in [1.29, 1.82) is 0 Å². The first-order valence-corrected chi connectivity index (χ1v) is 9.44. The van der Waals surface area contributed by atoms with Crippen LogP contribution in [0.25, 0.3) is 16.9 Å². The molecule has 0 radical (unpaired) electrons. The number of pyridine rings is 1. The monoisotopic (exact) mass is 449 g/mol. The zero-order valence-electron chi connectivity index (χ0n) is 15.7. The van der Waals surface area contributed by atoms with Crippen molar-refractivity contribution >= 4 is 28.9 Å². The van der Waals surface area contributed by atoms with E-state index in [1.54, 1.807) is 30.5 Å². The van der Waals surface area contributed by atoms with Crippen LogP contribution in [0.1, 0.15) is 5.56 Å². The summed E-state index contributed by atoms with van der Waals surface area (Å²) in [5.41, 5.74) is 0.339. The lowest BCUT2D eigenvalue weighted by Gasteiger charge is -2.11. The fourth-order valence-corrected chi connectivity index (χ4v) is 2.99. The molecule has 3 heterocycles. The number of rotatable bonds is 6. The van der Waals surface area contributed by atoms with Crippen molar-refractivity contribution in [2.75, 3.05) is 23.7 Å². The molecule has 0 saturated carbocycles. The number of aromatic amines is 1. The summed E-state index contributed by atoms with van der Waals surface area (Å²) in [7, 11) is 0. The summed E-state index contributed by atoms with van der Waals surface area (Å²) in [6.07, 6.45) is -1.79. The highest BCUT2D eigenvalue weighted by atomic mass is 35.5. The number of H-pyrrole nitrogens is 1. The molecule has 31 heavy (non-hydrogen) atoms. The second-order valence-electron chi connectivity index (χ2n) is 6.49. The van der Waals surface area contributed by atoms with Gasteiger partial charge >= 0.3 is 11.9 Å². The smallest absolute Gasteiger partial charge is 0.368 e. The van der Waals surface area contributed by atoms with Gasteiger partial charge in [-0.1, -0.05) is 23.7 Å². The molecular formula is C19H15ClF3N7O. The molecule has 0 saturated heterocycles. The van der Waals surface area contributed by atoms with E-state index in [0.717, 1.165) is 23.9 Å². The Balaban J connectivity index is 1.51. The summed E-state index contributed by atoms with van der Waals surface area (Å²) in [5.74, 6) is 0.435. The molecule has 4 aromatic rings. The minimum atomic E-state index is -4.44. The predicted molar refractivity (Wildman–Crippen MR) is 110 cm³/mol. The maximum absolute atomic E-state index is 12.8. The first-order valence-electron chi connectivity index (χ1n) is 9.06. The number of fused-ring (bicyclic) bond motifs is 1. The molecule has 3 aromatic heterocycles. The highest BCUT2D eigenvalue weighted by molar-refractivity contribution is 6.30. The summed E-state index contributed by atoms with van der Waals surface area (Å²) in [6.45, 7) is 0.535. The fraction of sp³-hybridized carbons (Fsp3) is 0.158. The van der Waals surface area contributed by atoms with Gasteiger partial charge in [0.2, 0.25) is 5.65 Å². The van der Waals surface area contributed by atoms with Gasteiger partial charge in [-0.3, -0.25) is 0 Å². The Morgan fingerprint density at radius 1 is 1.10 bits per heavy atom. The molecule has 0 fully saturated rings. The van der Waals surface area contributed by atoms with E-state index < -0.39 is 17.4 Å². The Bertz CT molecular complexity index is 1270. The molecule has 160 valence electrons. The van der Waals surface area contributed by atoms with E-state index in [9.17, 15) is 18.0 Å². The van der Waals surface area contributed by atoms with Crippen LogP contribution in [0, 0.1) is 0 Å². The molecule has 8 nitrogen and oxygen atoms in total. The van der Waals surface area contributed by atoms with Gasteiger partial charge < -0.3 is 10.6 Å². The Hall–Kier alpha value is -3.60. The van der Waals surface area contributed by atoms with Crippen LogP contribution in [0.2, 0.25) is 5.02 Å². The van der Waals surface area contributed by atoms with E-state index >= 15 is 0 Å². The van der Waals surface area contributed by atoms with Crippen molar-refractivity contribution in [2.45, 2.75) is 6.18 Å². The van der Waals surface area contributed by atoms with Crippen LogP contribution in [0.3, 0.4) is 0 Å². The van der Waals surface area contributed by atoms with Gasteiger partial charge in [0.1, 0.15) is 5.82 Å². The minimum absolute atomic E-state index is 0.0978. The van der Waals surface area contributed by atoms with Gasteiger partial charge in [-0.2, -0.15) is 13.2 Å². The van der Waals surface area contributed by atoms with Gasteiger partial charge in [0.25, 0.3) is 0 Å². The summed E-state index contributed by atoms with van der Waals surface area (Å²) in [6, 6.07) is 8.80. The normalized spacial score (nSPS) is 11.6. The molecule has 0 unspecified atom stereocenters. The zero-order valence-corrected chi connectivity index (χ0v) is 16.5. The number of alkyl halides is 3. The number of aromatic nitrogens is 5. The third kappa shape index (κ3) is 4.61. The molecule has 0 atom stereocenters. The van der Waals surface area contributed by atoms with E-state index in [-0.39, 0.29) is 18.9 Å². The standard InChI is InChI=1S/C19H15ClF3N7O/c20-13-3-1-11(2-4-13)14-10-30-17(28-29-18(30)31)16(27-14)26-8-7-25-15-9-12(5-6-24-15)19(21,22)23/h1-6,9-10H,7-8H2,(H,24,25)(H,26,27)(H,29,31). The summed E-state index contributed by atoms with van der Waals surface area (Å²) in [5, 5.41) is 12.8. The zero-order chi connectivity index (χ0) is 22.0. The van der Waals surface area contributed by atoms with Gasteiger partial charge in [-0.25, -0.2) is 24.3 Å². The Kier molecular flexibility index (Phi) is 5.51. The molecule has 0 aliphatic heterocycles. The first kappa shape index (κ1) is 20.7. The van der Waals surface area contributed by atoms with Gasteiger partial charge in [-0.15, -0.1) is 5.10 Å². The average Bonchev–Trinajstić information content (AvgIpc) is 3.12. The van der Waals surface area contributed by atoms with Crippen molar-refractivity contribution in [1.82, 2.24) is 24.6 Å². The average molecular weight is 450 g/mol. The number of hydrogen-bond donors (Lipinski definition) is 3. The number of benzene rings is 1. The Morgan fingerprint density at radius 2 is 1.84 bits per heavy atom. The van der Waals surface area contributed by atoms with E-state index in [4.69, 9.17) is 11.6 Å². The molecule has 0 bridgehead atoms. The van der Waals surface area contributed by atoms with Crippen LogP contribution in [-0.4, -0.2) is 37.7 Å². The first-order chi connectivity index (χ1) is 14.8. The second-order valence-corrected chi connectivity index (χ2v) is 6.92.